The van der Waals surface area contributed by atoms with E-state index in [1.54, 1.807) is 6.33 Å². The standard InChI is InChI=1S/C15H22N4S/c1-12-5-7-14(8-6-12)20-13(2)9-18(3)10-15-17-16-11-19(15)4/h5-8,11,13H,9-10H2,1-4H3/t13-/m0/s1. The average molecular weight is 290 g/mol. The molecule has 0 amide bonds. The Labute approximate surface area is 125 Å². The Bertz CT molecular complexity index is 535. The van der Waals surface area contributed by atoms with Crippen molar-refractivity contribution in [1.29, 1.82) is 0 Å². The highest BCUT2D eigenvalue weighted by atomic mass is 32.2. The molecule has 20 heavy (non-hydrogen) atoms. The molecule has 0 bridgehead atoms. The summed E-state index contributed by atoms with van der Waals surface area (Å²) >= 11 is 1.91. The van der Waals surface area contributed by atoms with Crippen molar-refractivity contribution in [3.05, 3.63) is 42.0 Å². The number of aromatic nitrogens is 3. The minimum Gasteiger partial charge on any atom is -0.320 e. The third kappa shape index (κ3) is 4.35. The molecular weight excluding hydrogens is 268 g/mol. The topological polar surface area (TPSA) is 34.0 Å². The Balaban J connectivity index is 1.83. The molecule has 0 fully saturated rings. The molecule has 0 saturated heterocycles. The summed E-state index contributed by atoms with van der Waals surface area (Å²) in [5.41, 5.74) is 1.31. The molecular formula is C15H22N4S. The Kier molecular flexibility index (Phi) is 5.20. The van der Waals surface area contributed by atoms with E-state index in [9.17, 15) is 0 Å². The second kappa shape index (κ2) is 6.90. The molecule has 0 aliphatic rings. The Morgan fingerprint density at radius 3 is 2.60 bits per heavy atom. The maximum absolute atomic E-state index is 4.12. The lowest BCUT2D eigenvalue weighted by atomic mass is 10.2. The van der Waals surface area contributed by atoms with Crippen LogP contribution in [-0.4, -0.2) is 38.5 Å². The van der Waals surface area contributed by atoms with Crippen LogP contribution in [0.25, 0.3) is 0 Å². The van der Waals surface area contributed by atoms with E-state index in [1.807, 2.05) is 23.4 Å². The van der Waals surface area contributed by atoms with Crippen molar-refractivity contribution >= 4 is 11.8 Å². The number of hydrogen-bond acceptors (Lipinski definition) is 4. The summed E-state index contributed by atoms with van der Waals surface area (Å²) in [6, 6.07) is 8.72. The molecule has 0 saturated carbocycles. The van der Waals surface area contributed by atoms with Crippen molar-refractivity contribution in [2.45, 2.75) is 30.5 Å². The average Bonchev–Trinajstić information content (AvgIpc) is 2.77. The fourth-order valence-electron chi connectivity index (χ4n) is 2.08. The van der Waals surface area contributed by atoms with E-state index in [0.717, 1.165) is 18.9 Å². The van der Waals surface area contributed by atoms with Gasteiger partial charge in [-0.3, -0.25) is 4.90 Å². The van der Waals surface area contributed by atoms with Crippen LogP contribution in [-0.2, 0) is 13.6 Å². The van der Waals surface area contributed by atoms with Gasteiger partial charge in [-0.25, -0.2) is 0 Å². The zero-order valence-corrected chi connectivity index (χ0v) is 13.4. The first-order chi connectivity index (χ1) is 9.54. The fraction of sp³-hybridized carbons (Fsp3) is 0.467. The summed E-state index contributed by atoms with van der Waals surface area (Å²) in [5, 5.41) is 8.57. The molecule has 5 heteroatoms. The van der Waals surface area contributed by atoms with Gasteiger partial charge in [-0.1, -0.05) is 24.6 Å². The van der Waals surface area contributed by atoms with Crippen molar-refractivity contribution in [3.63, 3.8) is 0 Å². The normalized spacial score (nSPS) is 12.8. The summed E-state index contributed by atoms with van der Waals surface area (Å²) in [7, 11) is 4.11. The molecule has 0 unspecified atom stereocenters. The van der Waals surface area contributed by atoms with Gasteiger partial charge in [0.1, 0.15) is 12.2 Å². The van der Waals surface area contributed by atoms with Crippen LogP contribution in [0.15, 0.2) is 35.5 Å². The first-order valence-electron chi connectivity index (χ1n) is 6.79. The maximum atomic E-state index is 4.12. The second-order valence-electron chi connectivity index (χ2n) is 5.30. The predicted molar refractivity (Wildman–Crippen MR) is 83.8 cm³/mol. The summed E-state index contributed by atoms with van der Waals surface area (Å²) in [6.45, 7) is 6.23. The molecule has 1 atom stereocenters. The zero-order valence-electron chi connectivity index (χ0n) is 12.6. The quantitative estimate of drug-likeness (QED) is 0.766. The Morgan fingerprint density at radius 1 is 1.30 bits per heavy atom. The van der Waals surface area contributed by atoms with E-state index < -0.39 is 0 Å². The smallest absolute Gasteiger partial charge is 0.146 e. The van der Waals surface area contributed by atoms with Gasteiger partial charge in [-0.2, -0.15) is 0 Å². The lowest BCUT2D eigenvalue weighted by Crippen LogP contribution is -2.26. The van der Waals surface area contributed by atoms with Gasteiger partial charge >= 0.3 is 0 Å². The molecule has 0 N–H and O–H groups in total. The van der Waals surface area contributed by atoms with Crippen LogP contribution in [0, 0.1) is 6.92 Å². The molecule has 1 aromatic heterocycles. The van der Waals surface area contributed by atoms with Crippen molar-refractivity contribution < 1.29 is 0 Å². The van der Waals surface area contributed by atoms with E-state index >= 15 is 0 Å². The highest BCUT2D eigenvalue weighted by Gasteiger charge is 2.10. The Morgan fingerprint density at radius 2 is 2.00 bits per heavy atom. The minimum atomic E-state index is 0.538. The molecule has 0 radical (unpaired) electrons. The first kappa shape index (κ1) is 15.1. The maximum Gasteiger partial charge on any atom is 0.146 e. The predicted octanol–water partition coefficient (Wildman–Crippen LogP) is 2.74. The molecule has 0 aliphatic heterocycles. The summed E-state index contributed by atoms with van der Waals surface area (Å²) in [6.07, 6.45) is 1.74. The van der Waals surface area contributed by atoms with Gasteiger partial charge in [-0.15, -0.1) is 22.0 Å². The number of rotatable bonds is 6. The molecule has 2 aromatic rings. The first-order valence-corrected chi connectivity index (χ1v) is 7.67. The van der Waals surface area contributed by atoms with E-state index in [-0.39, 0.29) is 0 Å². The molecule has 1 heterocycles. The summed E-state index contributed by atoms with van der Waals surface area (Å²) < 4.78 is 1.97. The van der Waals surface area contributed by atoms with Crippen molar-refractivity contribution in [2.24, 2.45) is 7.05 Å². The van der Waals surface area contributed by atoms with Crippen LogP contribution in [0.2, 0.25) is 0 Å². The third-order valence-electron chi connectivity index (χ3n) is 3.14. The van der Waals surface area contributed by atoms with Gasteiger partial charge in [0.2, 0.25) is 0 Å². The van der Waals surface area contributed by atoms with E-state index in [0.29, 0.717) is 5.25 Å². The minimum absolute atomic E-state index is 0.538. The zero-order chi connectivity index (χ0) is 14.5. The SMILES string of the molecule is Cc1ccc(S[C@@H](C)CN(C)Cc2nncn2C)cc1. The van der Waals surface area contributed by atoms with Crippen LogP contribution in [0.5, 0.6) is 0 Å². The highest BCUT2D eigenvalue weighted by Crippen LogP contribution is 2.24. The van der Waals surface area contributed by atoms with E-state index in [4.69, 9.17) is 0 Å². The van der Waals surface area contributed by atoms with E-state index in [2.05, 4.69) is 60.3 Å². The van der Waals surface area contributed by atoms with Gasteiger partial charge in [0, 0.05) is 23.7 Å². The molecule has 0 spiro atoms. The van der Waals surface area contributed by atoms with Crippen molar-refractivity contribution in [1.82, 2.24) is 19.7 Å². The molecule has 2 rings (SSSR count). The van der Waals surface area contributed by atoms with Gasteiger partial charge in [-0.05, 0) is 26.1 Å². The number of hydrogen-bond donors (Lipinski definition) is 0. The van der Waals surface area contributed by atoms with Gasteiger partial charge in [0.25, 0.3) is 0 Å². The van der Waals surface area contributed by atoms with Gasteiger partial charge < -0.3 is 4.57 Å². The number of benzene rings is 1. The Hall–Kier alpha value is -1.33. The number of nitrogens with zero attached hydrogens (tertiary/aromatic N) is 4. The van der Waals surface area contributed by atoms with Crippen LogP contribution < -0.4 is 0 Å². The van der Waals surface area contributed by atoms with Gasteiger partial charge in [0.15, 0.2) is 0 Å². The lowest BCUT2D eigenvalue weighted by Gasteiger charge is -2.20. The molecule has 4 nitrogen and oxygen atoms in total. The lowest BCUT2D eigenvalue weighted by molar-refractivity contribution is 0.318. The van der Waals surface area contributed by atoms with Crippen LogP contribution in [0.1, 0.15) is 18.3 Å². The van der Waals surface area contributed by atoms with Crippen molar-refractivity contribution in [2.75, 3.05) is 13.6 Å². The number of aryl methyl sites for hydroxylation is 2. The molecule has 0 aliphatic carbocycles. The van der Waals surface area contributed by atoms with Crippen molar-refractivity contribution in [3.8, 4) is 0 Å². The number of thioether (sulfide) groups is 1. The highest BCUT2D eigenvalue weighted by molar-refractivity contribution is 8.00. The second-order valence-corrected chi connectivity index (χ2v) is 6.81. The largest absolute Gasteiger partial charge is 0.320 e. The molecule has 1 aromatic carbocycles. The van der Waals surface area contributed by atoms with Crippen LogP contribution in [0.4, 0.5) is 0 Å². The van der Waals surface area contributed by atoms with Gasteiger partial charge in [0.05, 0.1) is 6.54 Å². The monoisotopic (exact) mass is 290 g/mol. The summed E-state index contributed by atoms with van der Waals surface area (Å²) in [4.78, 5) is 3.62. The third-order valence-corrected chi connectivity index (χ3v) is 4.24. The van der Waals surface area contributed by atoms with E-state index in [1.165, 1.54) is 10.5 Å². The van der Waals surface area contributed by atoms with Crippen LogP contribution >= 0.6 is 11.8 Å². The van der Waals surface area contributed by atoms with Crippen LogP contribution in [0.3, 0.4) is 0 Å². The fourth-order valence-corrected chi connectivity index (χ4v) is 3.17. The summed E-state index contributed by atoms with van der Waals surface area (Å²) in [5.74, 6) is 1.00. The molecule has 108 valence electrons.